The van der Waals surface area contributed by atoms with Gasteiger partial charge in [-0.15, -0.1) is 0 Å². The lowest BCUT2D eigenvalue weighted by atomic mass is 10.2. The average Bonchev–Trinajstić information content (AvgIpc) is 2.87. The molecule has 21 heavy (non-hydrogen) atoms. The van der Waals surface area contributed by atoms with Gasteiger partial charge in [-0.05, 0) is 24.3 Å². The lowest BCUT2D eigenvalue weighted by molar-refractivity contribution is 0.0691. The molecule has 1 N–H and O–H groups in total. The number of hydrogen-bond donors (Lipinski definition) is 1. The number of aromatic carboxylic acids is 1. The van der Waals surface area contributed by atoms with E-state index in [9.17, 15) is 9.18 Å². The molecule has 2 heterocycles. The second-order valence-electron chi connectivity index (χ2n) is 4.44. The normalized spacial score (nSPS) is 10.7. The Balaban J connectivity index is 1.82. The molecule has 0 aliphatic rings. The van der Waals surface area contributed by atoms with Gasteiger partial charge in [0.25, 0.3) is 0 Å². The number of carboxylic acids is 1. The molecule has 0 fully saturated rings. The largest absolute Gasteiger partial charge is 0.486 e. The third-order valence-electron chi connectivity index (χ3n) is 2.96. The molecular weight excluding hydrogens is 275 g/mol. The van der Waals surface area contributed by atoms with Gasteiger partial charge in [-0.3, -0.25) is 0 Å². The quantitative estimate of drug-likeness (QED) is 0.801. The lowest BCUT2D eigenvalue weighted by Gasteiger charge is -2.06. The zero-order valence-corrected chi connectivity index (χ0v) is 10.9. The summed E-state index contributed by atoms with van der Waals surface area (Å²) in [7, 11) is 0. The maximum atomic E-state index is 13.1. The number of benzene rings is 1. The smallest absolute Gasteiger partial charge is 0.339 e. The fourth-order valence-corrected chi connectivity index (χ4v) is 2.01. The van der Waals surface area contributed by atoms with E-state index in [0.29, 0.717) is 11.3 Å². The van der Waals surface area contributed by atoms with E-state index in [0.717, 1.165) is 0 Å². The van der Waals surface area contributed by atoms with Crippen LogP contribution in [0.3, 0.4) is 0 Å². The molecule has 0 saturated carbocycles. The minimum atomic E-state index is -1.05. The van der Waals surface area contributed by atoms with Crippen LogP contribution in [0.4, 0.5) is 4.39 Å². The molecule has 0 aliphatic carbocycles. The molecule has 2 aromatic heterocycles. The zero-order chi connectivity index (χ0) is 14.8. The fraction of sp³-hybridized carbons (Fsp3) is 0.0667. The summed E-state index contributed by atoms with van der Waals surface area (Å²) in [5, 5.41) is 9.07. The Kier molecular flexibility index (Phi) is 3.27. The molecule has 0 saturated heterocycles. The fourth-order valence-electron chi connectivity index (χ4n) is 2.01. The number of rotatable bonds is 4. The van der Waals surface area contributed by atoms with Crippen LogP contribution in [-0.4, -0.2) is 20.5 Å². The van der Waals surface area contributed by atoms with Gasteiger partial charge in [-0.25, -0.2) is 14.2 Å². The summed E-state index contributed by atoms with van der Waals surface area (Å²) in [4.78, 5) is 15.3. The van der Waals surface area contributed by atoms with Gasteiger partial charge >= 0.3 is 5.97 Å². The SMILES string of the molecule is O=C(O)c1ccccc1OCc1cn2cc(F)ccc2n1. The Hall–Kier alpha value is -2.89. The Bertz CT molecular complexity index is 814. The predicted molar refractivity (Wildman–Crippen MR) is 72.9 cm³/mol. The van der Waals surface area contributed by atoms with Crippen LogP contribution >= 0.6 is 0 Å². The van der Waals surface area contributed by atoms with E-state index in [1.807, 2.05) is 0 Å². The first kappa shape index (κ1) is 13.1. The van der Waals surface area contributed by atoms with Crippen molar-refractivity contribution in [1.29, 1.82) is 0 Å². The first-order valence-corrected chi connectivity index (χ1v) is 6.22. The number of fused-ring (bicyclic) bond motifs is 1. The van der Waals surface area contributed by atoms with Crippen LogP contribution in [0.15, 0.2) is 48.8 Å². The van der Waals surface area contributed by atoms with Gasteiger partial charge in [-0.1, -0.05) is 12.1 Å². The van der Waals surface area contributed by atoms with Crippen LogP contribution in [-0.2, 0) is 6.61 Å². The number of ether oxygens (including phenoxy) is 1. The van der Waals surface area contributed by atoms with Crippen LogP contribution in [0.25, 0.3) is 5.65 Å². The maximum Gasteiger partial charge on any atom is 0.339 e. The first-order chi connectivity index (χ1) is 10.1. The highest BCUT2D eigenvalue weighted by atomic mass is 19.1. The van der Waals surface area contributed by atoms with Gasteiger partial charge in [0, 0.05) is 12.4 Å². The monoisotopic (exact) mass is 286 g/mol. The molecule has 3 aromatic rings. The number of nitrogens with zero attached hydrogens (tertiary/aromatic N) is 2. The van der Waals surface area contributed by atoms with Gasteiger partial charge in [0.2, 0.25) is 0 Å². The van der Waals surface area contributed by atoms with Gasteiger partial charge in [-0.2, -0.15) is 0 Å². The Labute approximate surface area is 119 Å². The first-order valence-electron chi connectivity index (χ1n) is 6.22. The van der Waals surface area contributed by atoms with Crippen molar-refractivity contribution in [2.75, 3.05) is 0 Å². The molecule has 0 amide bonds. The van der Waals surface area contributed by atoms with E-state index in [-0.39, 0.29) is 23.7 Å². The summed E-state index contributed by atoms with van der Waals surface area (Å²) >= 11 is 0. The van der Waals surface area contributed by atoms with E-state index in [1.54, 1.807) is 34.9 Å². The number of carboxylic acid groups (broad SMARTS) is 1. The number of para-hydroxylation sites is 1. The van der Waals surface area contributed by atoms with Crippen LogP contribution in [0.2, 0.25) is 0 Å². The summed E-state index contributed by atoms with van der Waals surface area (Å²) in [6.45, 7) is 0.105. The van der Waals surface area contributed by atoms with E-state index in [2.05, 4.69) is 4.98 Å². The van der Waals surface area contributed by atoms with E-state index in [1.165, 1.54) is 18.3 Å². The summed E-state index contributed by atoms with van der Waals surface area (Å²) in [6, 6.07) is 9.26. The molecule has 5 nitrogen and oxygen atoms in total. The molecule has 0 spiro atoms. The Morgan fingerprint density at radius 2 is 2.05 bits per heavy atom. The van der Waals surface area contributed by atoms with Crippen molar-refractivity contribution in [1.82, 2.24) is 9.38 Å². The highest BCUT2D eigenvalue weighted by Gasteiger charge is 2.11. The molecule has 0 bridgehead atoms. The van der Waals surface area contributed by atoms with Crippen molar-refractivity contribution >= 4 is 11.6 Å². The van der Waals surface area contributed by atoms with E-state index < -0.39 is 5.97 Å². The minimum absolute atomic E-state index is 0.0901. The second-order valence-corrected chi connectivity index (χ2v) is 4.44. The summed E-state index contributed by atoms with van der Waals surface area (Å²) in [6.07, 6.45) is 2.96. The van der Waals surface area contributed by atoms with Crippen molar-refractivity contribution in [2.24, 2.45) is 0 Å². The number of hydrogen-bond acceptors (Lipinski definition) is 3. The average molecular weight is 286 g/mol. The van der Waals surface area contributed by atoms with Crippen LogP contribution in [0.1, 0.15) is 16.1 Å². The van der Waals surface area contributed by atoms with Gasteiger partial charge < -0.3 is 14.2 Å². The molecule has 0 unspecified atom stereocenters. The predicted octanol–water partition coefficient (Wildman–Crippen LogP) is 2.75. The van der Waals surface area contributed by atoms with Crippen molar-refractivity contribution < 1.29 is 19.0 Å². The number of pyridine rings is 1. The number of aromatic nitrogens is 2. The molecule has 0 aliphatic heterocycles. The summed E-state index contributed by atoms with van der Waals surface area (Å²) < 4.78 is 20.1. The van der Waals surface area contributed by atoms with Crippen molar-refractivity contribution in [2.45, 2.75) is 6.61 Å². The molecule has 106 valence electrons. The number of imidazole rings is 1. The molecule has 0 radical (unpaired) electrons. The van der Waals surface area contributed by atoms with Crippen LogP contribution < -0.4 is 4.74 Å². The third-order valence-corrected chi connectivity index (χ3v) is 2.96. The highest BCUT2D eigenvalue weighted by Crippen LogP contribution is 2.19. The lowest BCUT2D eigenvalue weighted by Crippen LogP contribution is -2.03. The highest BCUT2D eigenvalue weighted by molar-refractivity contribution is 5.90. The summed E-state index contributed by atoms with van der Waals surface area (Å²) in [5.74, 6) is -1.14. The van der Waals surface area contributed by atoms with Crippen molar-refractivity contribution in [3.8, 4) is 5.75 Å². The Morgan fingerprint density at radius 3 is 2.86 bits per heavy atom. The zero-order valence-electron chi connectivity index (χ0n) is 10.9. The van der Waals surface area contributed by atoms with Crippen LogP contribution in [0, 0.1) is 5.82 Å². The molecule has 0 atom stereocenters. The number of carbonyl (C=O) groups is 1. The van der Waals surface area contributed by atoms with E-state index >= 15 is 0 Å². The second kappa shape index (κ2) is 5.24. The van der Waals surface area contributed by atoms with E-state index in [4.69, 9.17) is 9.84 Å². The topological polar surface area (TPSA) is 63.8 Å². The molecular formula is C15H11FN2O3. The standard InChI is InChI=1S/C15H11FN2O3/c16-10-5-6-14-17-11(8-18(14)7-10)9-21-13-4-2-1-3-12(13)15(19)20/h1-8H,9H2,(H,19,20). The molecule has 3 rings (SSSR count). The molecule has 6 heteroatoms. The van der Waals surface area contributed by atoms with Crippen LogP contribution in [0.5, 0.6) is 5.75 Å². The Morgan fingerprint density at radius 1 is 1.24 bits per heavy atom. The minimum Gasteiger partial charge on any atom is -0.486 e. The van der Waals surface area contributed by atoms with Crippen molar-refractivity contribution in [3.05, 3.63) is 65.9 Å². The number of halogens is 1. The summed E-state index contributed by atoms with van der Waals surface area (Å²) in [5.41, 5.74) is 1.27. The van der Waals surface area contributed by atoms with Gasteiger partial charge in [0.15, 0.2) is 0 Å². The maximum absolute atomic E-state index is 13.1. The molecule has 1 aromatic carbocycles. The third kappa shape index (κ3) is 2.69. The van der Waals surface area contributed by atoms with Gasteiger partial charge in [0.1, 0.15) is 29.4 Å². The van der Waals surface area contributed by atoms with Crippen molar-refractivity contribution in [3.63, 3.8) is 0 Å². The van der Waals surface area contributed by atoms with Gasteiger partial charge in [0.05, 0.1) is 5.69 Å².